The standard InChI is InChI=1S/C23H29FN2O4S/c1-5-23(6-2)15-20(19-12-7-8-13-21(19)30-23)25-22(27)16(3)26(31(4,28)29)18-11-9-10-17(24)14-18/h7-14,16,20H,5-6,15H2,1-4H3,(H,25,27)/t16-,20-/m1/s1. The minimum absolute atomic E-state index is 0.106. The molecule has 6 nitrogen and oxygen atoms in total. The second-order valence-electron chi connectivity index (χ2n) is 8.01. The summed E-state index contributed by atoms with van der Waals surface area (Å²) in [4.78, 5) is 13.2. The molecule has 2 aromatic carbocycles. The van der Waals surface area contributed by atoms with E-state index in [2.05, 4.69) is 5.32 Å². The first-order valence-electron chi connectivity index (χ1n) is 10.4. The maximum absolute atomic E-state index is 13.7. The lowest BCUT2D eigenvalue weighted by Gasteiger charge is -2.42. The van der Waals surface area contributed by atoms with Gasteiger partial charge in [0, 0.05) is 12.0 Å². The molecule has 168 valence electrons. The third-order valence-electron chi connectivity index (χ3n) is 5.95. The molecule has 0 radical (unpaired) electrons. The number of carbonyl (C=O) groups is 1. The zero-order valence-electron chi connectivity index (χ0n) is 18.3. The first-order chi connectivity index (χ1) is 14.6. The molecule has 1 aliphatic rings. The van der Waals surface area contributed by atoms with E-state index >= 15 is 0 Å². The summed E-state index contributed by atoms with van der Waals surface area (Å²) in [6.07, 6.45) is 3.13. The van der Waals surface area contributed by atoms with E-state index in [4.69, 9.17) is 4.74 Å². The fourth-order valence-electron chi connectivity index (χ4n) is 4.14. The fraction of sp³-hybridized carbons (Fsp3) is 0.435. The quantitative estimate of drug-likeness (QED) is 0.690. The van der Waals surface area contributed by atoms with E-state index in [0.717, 1.165) is 40.8 Å². The fourth-order valence-corrected chi connectivity index (χ4v) is 5.31. The van der Waals surface area contributed by atoms with Gasteiger partial charge in [0.1, 0.15) is 23.2 Å². The van der Waals surface area contributed by atoms with Crippen molar-refractivity contribution in [3.8, 4) is 5.75 Å². The molecule has 2 aromatic rings. The second-order valence-corrected chi connectivity index (χ2v) is 9.87. The highest BCUT2D eigenvalue weighted by Crippen LogP contribution is 2.42. The summed E-state index contributed by atoms with van der Waals surface area (Å²) in [7, 11) is -3.83. The number of hydrogen-bond acceptors (Lipinski definition) is 4. The van der Waals surface area contributed by atoms with Crippen molar-refractivity contribution in [3.63, 3.8) is 0 Å². The number of hydrogen-bond donors (Lipinski definition) is 1. The van der Waals surface area contributed by atoms with E-state index in [1.54, 1.807) is 0 Å². The molecular weight excluding hydrogens is 419 g/mol. The number of sulfonamides is 1. The number of nitrogens with zero attached hydrogens (tertiary/aromatic N) is 1. The number of benzene rings is 2. The summed E-state index contributed by atoms with van der Waals surface area (Å²) in [6.45, 7) is 5.60. The Bertz CT molecular complexity index is 1050. The van der Waals surface area contributed by atoms with Crippen molar-refractivity contribution in [1.29, 1.82) is 0 Å². The van der Waals surface area contributed by atoms with E-state index in [0.29, 0.717) is 6.42 Å². The Kier molecular flexibility index (Phi) is 6.59. The Balaban J connectivity index is 1.91. The van der Waals surface area contributed by atoms with Crippen LogP contribution in [0.15, 0.2) is 48.5 Å². The van der Waals surface area contributed by atoms with E-state index in [1.807, 2.05) is 38.1 Å². The van der Waals surface area contributed by atoms with Crippen LogP contribution in [0.3, 0.4) is 0 Å². The van der Waals surface area contributed by atoms with Crippen LogP contribution in [0.2, 0.25) is 0 Å². The molecular formula is C23H29FN2O4S. The molecule has 2 atom stereocenters. The molecule has 0 fully saturated rings. The molecule has 0 aliphatic carbocycles. The third-order valence-corrected chi connectivity index (χ3v) is 7.20. The maximum atomic E-state index is 13.7. The van der Waals surface area contributed by atoms with Crippen molar-refractivity contribution in [1.82, 2.24) is 5.32 Å². The average molecular weight is 449 g/mol. The number of amides is 1. The van der Waals surface area contributed by atoms with Crippen LogP contribution in [-0.4, -0.2) is 32.2 Å². The van der Waals surface area contributed by atoms with Crippen LogP contribution in [-0.2, 0) is 14.8 Å². The molecule has 3 rings (SSSR count). The number of anilines is 1. The van der Waals surface area contributed by atoms with E-state index in [9.17, 15) is 17.6 Å². The molecule has 0 saturated heterocycles. The predicted molar refractivity (Wildman–Crippen MR) is 119 cm³/mol. The van der Waals surface area contributed by atoms with Crippen molar-refractivity contribution in [2.45, 2.75) is 57.7 Å². The third kappa shape index (κ3) is 4.84. The van der Waals surface area contributed by atoms with Gasteiger partial charge in [-0.1, -0.05) is 38.1 Å². The van der Waals surface area contributed by atoms with Gasteiger partial charge in [0.25, 0.3) is 0 Å². The number of carbonyl (C=O) groups excluding carboxylic acids is 1. The van der Waals surface area contributed by atoms with Crippen LogP contribution in [0.1, 0.15) is 51.6 Å². The normalized spacial score (nSPS) is 18.4. The lowest BCUT2D eigenvalue weighted by molar-refractivity contribution is -0.123. The highest BCUT2D eigenvalue weighted by Gasteiger charge is 2.40. The molecule has 0 saturated carbocycles. The molecule has 31 heavy (non-hydrogen) atoms. The van der Waals surface area contributed by atoms with Crippen molar-refractivity contribution < 1.29 is 22.3 Å². The Morgan fingerprint density at radius 3 is 2.52 bits per heavy atom. The van der Waals surface area contributed by atoms with Gasteiger partial charge in [-0.25, -0.2) is 12.8 Å². The number of nitrogens with one attached hydrogen (secondary N) is 1. The average Bonchev–Trinajstić information content (AvgIpc) is 2.72. The largest absolute Gasteiger partial charge is 0.487 e. The number of halogens is 1. The Labute approximate surface area is 183 Å². The summed E-state index contributed by atoms with van der Waals surface area (Å²) in [5, 5.41) is 3.02. The first-order valence-corrected chi connectivity index (χ1v) is 12.3. The van der Waals surface area contributed by atoms with E-state index < -0.39 is 33.4 Å². The number of para-hydroxylation sites is 1. The smallest absolute Gasteiger partial charge is 0.244 e. The number of ether oxygens (including phenoxy) is 1. The first kappa shape index (κ1) is 23.1. The number of fused-ring (bicyclic) bond motifs is 1. The van der Waals surface area contributed by atoms with Gasteiger partial charge in [-0.15, -0.1) is 0 Å². The highest BCUT2D eigenvalue weighted by atomic mass is 32.2. The Hall–Kier alpha value is -2.61. The molecule has 0 bridgehead atoms. The monoisotopic (exact) mass is 448 g/mol. The molecule has 0 unspecified atom stereocenters. The van der Waals surface area contributed by atoms with Gasteiger partial charge in [-0.2, -0.15) is 0 Å². The van der Waals surface area contributed by atoms with E-state index in [-0.39, 0.29) is 11.7 Å². The second kappa shape index (κ2) is 8.86. The van der Waals surface area contributed by atoms with Crippen LogP contribution in [0.4, 0.5) is 10.1 Å². The molecule has 1 N–H and O–H groups in total. The summed E-state index contributed by atoms with van der Waals surface area (Å²) in [6, 6.07) is 11.4. The van der Waals surface area contributed by atoms with E-state index in [1.165, 1.54) is 25.1 Å². The summed E-state index contributed by atoms with van der Waals surface area (Å²) in [5.41, 5.74) is 0.556. The molecule has 1 heterocycles. The summed E-state index contributed by atoms with van der Waals surface area (Å²) in [5.74, 6) is -0.314. The van der Waals surface area contributed by atoms with Gasteiger partial charge in [-0.3, -0.25) is 9.10 Å². The van der Waals surface area contributed by atoms with Crippen LogP contribution >= 0.6 is 0 Å². The van der Waals surface area contributed by atoms with Crippen molar-refractivity contribution in [2.24, 2.45) is 0 Å². The van der Waals surface area contributed by atoms with Crippen LogP contribution in [0.5, 0.6) is 5.75 Å². The lowest BCUT2D eigenvalue weighted by Crippen LogP contribution is -2.51. The molecule has 0 aromatic heterocycles. The zero-order chi connectivity index (χ0) is 22.8. The Morgan fingerprint density at radius 1 is 1.23 bits per heavy atom. The van der Waals surface area contributed by atoms with Gasteiger partial charge >= 0.3 is 0 Å². The molecule has 0 spiro atoms. The minimum atomic E-state index is -3.83. The molecule has 8 heteroatoms. The molecule has 1 aliphatic heterocycles. The van der Waals surface area contributed by atoms with Crippen LogP contribution < -0.4 is 14.4 Å². The van der Waals surface area contributed by atoms with Gasteiger partial charge < -0.3 is 10.1 Å². The lowest BCUT2D eigenvalue weighted by atomic mass is 9.83. The van der Waals surface area contributed by atoms with Gasteiger partial charge in [-0.05, 0) is 44.0 Å². The number of rotatable bonds is 7. The minimum Gasteiger partial charge on any atom is -0.487 e. The molecule has 1 amide bonds. The van der Waals surface area contributed by atoms with Crippen LogP contribution in [0.25, 0.3) is 0 Å². The SMILES string of the molecule is CCC1(CC)C[C@@H](NC(=O)[C@@H](C)N(c2cccc(F)c2)S(C)(=O)=O)c2ccccc2O1. The zero-order valence-corrected chi connectivity index (χ0v) is 19.1. The van der Waals surface area contributed by atoms with Gasteiger partial charge in [0.15, 0.2) is 0 Å². The summed E-state index contributed by atoms with van der Waals surface area (Å²) < 4.78 is 45.9. The van der Waals surface area contributed by atoms with Gasteiger partial charge in [0.05, 0.1) is 18.0 Å². The van der Waals surface area contributed by atoms with Crippen molar-refractivity contribution in [3.05, 3.63) is 59.9 Å². The predicted octanol–water partition coefficient (Wildman–Crippen LogP) is 4.18. The highest BCUT2D eigenvalue weighted by molar-refractivity contribution is 7.92. The maximum Gasteiger partial charge on any atom is 0.244 e. The Morgan fingerprint density at radius 2 is 1.90 bits per heavy atom. The summed E-state index contributed by atoms with van der Waals surface area (Å²) >= 11 is 0. The van der Waals surface area contributed by atoms with Crippen molar-refractivity contribution >= 4 is 21.6 Å². The topological polar surface area (TPSA) is 75.7 Å². The van der Waals surface area contributed by atoms with Gasteiger partial charge in [0.2, 0.25) is 15.9 Å². The van der Waals surface area contributed by atoms with Crippen molar-refractivity contribution in [2.75, 3.05) is 10.6 Å². The van der Waals surface area contributed by atoms with Crippen LogP contribution in [0, 0.1) is 5.82 Å².